The molecule has 188 valence electrons. The SMILES string of the molecule is Cc1c(Nc2ccc(OCc3ccccc3)cc2OCCC2CCCN(C(=O)O)C2)cc(C#N)n1C. The van der Waals surface area contributed by atoms with Crippen molar-refractivity contribution in [2.24, 2.45) is 13.0 Å². The lowest BCUT2D eigenvalue weighted by Gasteiger charge is -2.30. The molecule has 0 saturated carbocycles. The van der Waals surface area contributed by atoms with E-state index in [0.29, 0.717) is 43.5 Å². The van der Waals surface area contributed by atoms with Crippen LogP contribution in [0.15, 0.2) is 54.6 Å². The number of hydrogen-bond acceptors (Lipinski definition) is 5. The maximum atomic E-state index is 11.3. The third-order valence-electron chi connectivity index (χ3n) is 6.69. The van der Waals surface area contributed by atoms with E-state index in [2.05, 4.69) is 11.4 Å². The summed E-state index contributed by atoms with van der Waals surface area (Å²) >= 11 is 0. The fourth-order valence-electron chi connectivity index (χ4n) is 4.44. The molecular formula is C28H32N4O4. The summed E-state index contributed by atoms with van der Waals surface area (Å²) in [5.41, 5.74) is 4.20. The molecule has 1 amide bonds. The zero-order chi connectivity index (χ0) is 25.5. The molecule has 1 saturated heterocycles. The van der Waals surface area contributed by atoms with Crippen molar-refractivity contribution in [3.05, 3.63) is 71.5 Å². The normalized spacial score (nSPS) is 15.2. The summed E-state index contributed by atoms with van der Waals surface area (Å²) in [4.78, 5) is 12.8. The second kappa shape index (κ2) is 11.5. The molecule has 1 unspecified atom stereocenters. The summed E-state index contributed by atoms with van der Waals surface area (Å²) in [5, 5.41) is 22.1. The Labute approximate surface area is 211 Å². The third kappa shape index (κ3) is 6.11. The molecule has 36 heavy (non-hydrogen) atoms. The minimum atomic E-state index is -0.856. The Hall–Kier alpha value is -4.12. The number of amides is 1. The number of hydrogen-bond donors (Lipinski definition) is 2. The van der Waals surface area contributed by atoms with Crippen molar-refractivity contribution in [1.29, 1.82) is 5.26 Å². The van der Waals surface area contributed by atoms with Crippen molar-refractivity contribution < 1.29 is 19.4 Å². The summed E-state index contributed by atoms with van der Waals surface area (Å²) < 4.78 is 14.1. The van der Waals surface area contributed by atoms with E-state index >= 15 is 0 Å². The van der Waals surface area contributed by atoms with Crippen LogP contribution in [0.25, 0.3) is 0 Å². The van der Waals surface area contributed by atoms with Crippen LogP contribution in [0.3, 0.4) is 0 Å². The first-order chi connectivity index (χ1) is 17.4. The zero-order valence-corrected chi connectivity index (χ0v) is 20.7. The number of carbonyl (C=O) groups is 1. The number of rotatable bonds is 9. The predicted octanol–water partition coefficient (Wildman–Crippen LogP) is 5.69. The molecule has 3 aromatic rings. The molecule has 0 bridgehead atoms. The van der Waals surface area contributed by atoms with Crippen molar-refractivity contribution in [3.63, 3.8) is 0 Å². The zero-order valence-electron chi connectivity index (χ0n) is 20.7. The van der Waals surface area contributed by atoms with Gasteiger partial charge in [0.05, 0.1) is 18.0 Å². The summed E-state index contributed by atoms with van der Waals surface area (Å²) in [6.45, 7) is 4.01. The molecule has 1 aromatic heterocycles. The highest BCUT2D eigenvalue weighted by Gasteiger charge is 2.23. The smallest absolute Gasteiger partial charge is 0.407 e. The van der Waals surface area contributed by atoms with Crippen molar-refractivity contribution in [1.82, 2.24) is 9.47 Å². The van der Waals surface area contributed by atoms with Gasteiger partial charge in [0.15, 0.2) is 0 Å². The summed E-state index contributed by atoms with van der Waals surface area (Å²) in [7, 11) is 1.86. The van der Waals surface area contributed by atoms with E-state index in [4.69, 9.17) is 9.47 Å². The second-order valence-corrected chi connectivity index (χ2v) is 9.13. The Morgan fingerprint density at radius 2 is 1.97 bits per heavy atom. The molecule has 8 heteroatoms. The van der Waals surface area contributed by atoms with Crippen molar-refractivity contribution >= 4 is 17.5 Å². The third-order valence-corrected chi connectivity index (χ3v) is 6.69. The average molecular weight is 489 g/mol. The van der Waals surface area contributed by atoms with E-state index in [0.717, 1.165) is 41.9 Å². The van der Waals surface area contributed by atoms with Gasteiger partial charge in [-0.3, -0.25) is 0 Å². The monoisotopic (exact) mass is 488 g/mol. The highest BCUT2D eigenvalue weighted by atomic mass is 16.5. The standard InChI is InChI=1S/C28H32N4O4/c1-20-26(15-23(17-29)31(20)2)30-25-11-10-24(36-19-22-7-4-3-5-8-22)16-27(25)35-14-12-21-9-6-13-32(18-21)28(33)34/h3-5,7-8,10-11,15-16,21,30H,6,9,12-14,18-19H2,1-2H3,(H,33,34). The van der Waals surface area contributed by atoms with E-state index < -0.39 is 6.09 Å². The van der Waals surface area contributed by atoms with Gasteiger partial charge in [-0.2, -0.15) is 5.26 Å². The van der Waals surface area contributed by atoms with Gasteiger partial charge in [0.1, 0.15) is 29.9 Å². The van der Waals surface area contributed by atoms with Gasteiger partial charge in [-0.15, -0.1) is 0 Å². The first-order valence-electron chi connectivity index (χ1n) is 12.2. The van der Waals surface area contributed by atoms with Crippen LogP contribution in [-0.2, 0) is 13.7 Å². The number of carboxylic acid groups (broad SMARTS) is 1. The number of likely N-dealkylation sites (tertiary alicyclic amines) is 1. The number of aromatic nitrogens is 1. The lowest BCUT2D eigenvalue weighted by Crippen LogP contribution is -2.39. The minimum Gasteiger partial charge on any atom is -0.491 e. The van der Waals surface area contributed by atoms with Gasteiger partial charge in [-0.25, -0.2) is 4.79 Å². The molecule has 0 radical (unpaired) electrons. The predicted molar refractivity (Wildman–Crippen MR) is 138 cm³/mol. The van der Waals surface area contributed by atoms with Crippen LogP contribution >= 0.6 is 0 Å². The topological polar surface area (TPSA) is 99.8 Å². The number of piperidine rings is 1. The quantitative estimate of drug-likeness (QED) is 0.402. The Bertz CT molecular complexity index is 1230. The average Bonchev–Trinajstić information content (AvgIpc) is 3.17. The summed E-state index contributed by atoms with van der Waals surface area (Å²) in [5.74, 6) is 1.61. The van der Waals surface area contributed by atoms with E-state index in [1.165, 1.54) is 4.90 Å². The molecule has 1 atom stereocenters. The van der Waals surface area contributed by atoms with Gasteiger partial charge < -0.3 is 29.4 Å². The Morgan fingerprint density at radius 1 is 1.17 bits per heavy atom. The van der Waals surface area contributed by atoms with Gasteiger partial charge in [-0.05, 0) is 55.9 Å². The highest BCUT2D eigenvalue weighted by Crippen LogP contribution is 2.34. The first-order valence-corrected chi connectivity index (χ1v) is 12.2. The highest BCUT2D eigenvalue weighted by molar-refractivity contribution is 5.70. The van der Waals surface area contributed by atoms with Crippen LogP contribution in [0.2, 0.25) is 0 Å². The van der Waals surface area contributed by atoms with Crippen molar-refractivity contribution in [2.45, 2.75) is 32.8 Å². The van der Waals surface area contributed by atoms with Crippen LogP contribution in [0.4, 0.5) is 16.2 Å². The fraction of sp³-hybridized carbons (Fsp3) is 0.357. The first kappa shape index (κ1) is 25.0. The van der Waals surface area contributed by atoms with Crippen LogP contribution in [0.5, 0.6) is 11.5 Å². The van der Waals surface area contributed by atoms with E-state index in [9.17, 15) is 15.2 Å². The molecule has 2 N–H and O–H groups in total. The summed E-state index contributed by atoms with van der Waals surface area (Å²) in [6, 6.07) is 19.7. The van der Waals surface area contributed by atoms with Crippen LogP contribution < -0.4 is 14.8 Å². The van der Waals surface area contributed by atoms with Gasteiger partial charge >= 0.3 is 6.09 Å². The van der Waals surface area contributed by atoms with Gasteiger partial charge in [0, 0.05) is 31.9 Å². The molecule has 1 aliphatic heterocycles. The molecule has 2 aromatic carbocycles. The molecule has 0 aliphatic carbocycles. The molecule has 2 heterocycles. The van der Waals surface area contributed by atoms with Crippen molar-refractivity contribution in [2.75, 3.05) is 25.0 Å². The van der Waals surface area contributed by atoms with E-state index in [-0.39, 0.29) is 5.92 Å². The molecular weight excluding hydrogens is 456 g/mol. The van der Waals surface area contributed by atoms with E-state index in [1.807, 2.05) is 73.1 Å². The Morgan fingerprint density at radius 3 is 2.69 bits per heavy atom. The Kier molecular flexibility index (Phi) is 8.01. The number of nitrogens with one attached hydrogen (secondary N) is 1. The lowest BCUT2D eigenvalue weighted by molar-refractivity contribution is 0.114. The number of nitriles is 1. The van der Waals surface area contributed by atoms with E-state index in [1.54, 1.807) is 0 Å². The molecule has 4 rings (SSSR count). The molecule has 1 fully saturated rings. The number of benzene rings is 2. The fourth-order valence-corrected chi connectivity index (χ4v) is 4.44. The number of anilines is 2. The van der Waals surface area contributed by atoms with Crippen LogP contribution in [0, 0.1) is 24.2 Å². The lowest BCUT2D eigenvalue weighted by atomic mass is 9.95. The summed E-state index contributed by atoms with van der Waals surface area (Å²) in [6.07, 6.45) is 1.78. The Balaban J connectivity index is 1.48. The molecule has 8 nitrogen and oxygen atoms in total. The van der Waals surface area contributed by atoms with Crippen LogP contribution in [0.1, 0.15) is 36.2 Å². The van der Waals surface area contributed by atoms with Crippen LogP contribution in [-0.4, -0.2) is 40.4 Å². The number of ether oxygens (including phenoxy) is 2. The van der Waals surface area contributed by atoms with Gasteiger partial charge in [0.25, 0.3) is 0 Å². The maximum absolute atomic E-state index is 11.3. The second-order valence-electron chi connectivity index (χ2n) is 9.13. The van der Waals surface area contributed by atoms with Gasteiger partial charge in [0.2, 0.25) is 0 Å². The van der Waals surface area contributed by atoms with Gasteiger partial charge in [-0.1, -0.05) is 30.3 Å². The molecule has 1 aliphatic rings. The largest absolute Gasteiger partial charge is 0.491 e. The minimum absolute atomic E-state index is 0.276. The van der Waals surface area contributed by atoms with Crippen molar-refractivity contribution in [3.8, 4) is 17.6 Å². The maximum Gasteiger partial charge on any atom is 0.407 e. The molecule has 0 spiro atoms. The number of nitrogens with zero attached hydrogens (tertiary/aromatic N) is 3.